The van der Waals surface area contributed by atoms with Crippen LogP contribution in [0.25, 0.3) is 0 Å². The highest BCUT2D eigenvalue weighted by Crippen LogP contribution is 2.27. The van der Waals surface area contributed by atoms with Crippen molar-refractivity contribution in [3.8, 4) is 0 Å². The van der Waals surface area contributed by atoms with Gasteiger partial charge < -0.3 is 0 Å². The van der Waals surface area contributed by atoms with E-state index in [0.29, 0.717) is 18.1 Å². The number of aromatic nitrogens is 3. The molecule has 0 bridgehead atoms. The van der Waals surface area contributed by atoms with E-state index in [2.05, 4.69) is 10.1 Å². The Bertz CT molecular complexity index is 353. The normalized spacial score (nSPS) is 16.8. The Morgan fingerprint density at radius 3 is 2.94 bits per heavy atom. The molecule has 2 rings (SSSR count). The lowest BCUT2D eigenvalue weighted by Gasteiger charge is -2.07. The van der Waals surface area contributed by atoms with Crippen LogP contribution < -0.4 is 0 Å². The summed E-state index contributed by atoms with van der Waals surface area (Å²) in [4.78, 5) is 16.0. The fourth-order valence-electron chi connectivity index (χ4n) is 2.47. The standard InChI is InChI=1S/C12H19N3O/c1-2-15-12(13-9-14-15)8-11(16)7-10-5-3-4-6-10/h9-10H,2-8H2,1H3. The number of hydrogen-bond acceptors (Lipinski definition) is 3. The first-order valence-electron chi connectivity index (χ1n) is 6.18. The van der Waals surface area contributed by atoms with Gasteiger partial charge in [0.25, 0.3) is 0 Å². The van der Waals surface area contributed by atoms with Crippen molar-refractivity contribution in [3.05, 3.63) is 12.2 Å². The molecule has 0 radical (unpaired) electrons. The van der Waals surface area contributed by atoms with E-state index in [1.165, 1.54) is 32.0 Å². The molecule has 88 valence electrons. The molecule has 1 heterocycles. The van der Waals surface area contributed by atoms with Crippen LogP contribution in [0.1, 0.15) is 44.9 Å². The molecule has 0 amide bonds. The van der Waals surface area contributed by atoms with E-state index < -0.39 is 0 Å². The summed E-state index contributed by atoms with van der Waals surface area (Å²) in [5.41, 5.74) is 0. The molecule has 0 unspecified atom stereocenters. The average molecular weight is 221 g/mol. The lowest BCUT2D eigenvalue weighted by Crippen LogP contribution is -2.13. The minimum Gasteiger partial charge on any atom is -0.299 e. The Hall–Kier alpha value is -1.19. The van der Waals surface area contributed by atoms with Gasteiger partial charge in [0.1, 0.15) is 17.9 Å². The van der Waals surface area contributed by atoms with E-state index in [1.807, 2.05) is 6.92 Å². The van der Waals surface area contributed by atoms with Crippen LogP contribution in [0.3, 0.4) is 0 Å². The second kappa shape index (κ2) is 5.23. The van der Waals surface area contributed by atoms with E-state index in [-0.39, 0.29) is 0 Å². The molecule has 0 saturated heterocycles. The van der Waals surface area contributed by atoms with Crippen molar-refractivity contribution in [2.45, 2.75) is 52.0 Å². The van der Waals surface area contributed by atoms with E-state index in [9.17, 15) is 4.79 Å². The molecule has 1 saturated carbocycles. The van der Waals surface area contributed by atoms with Crippen LogP contribution in [0.15, 0.2) is 6.33 Å². The zero-order valence-electron chi connectivity index (χ0n) is 9.85. The smallest absolute Gasteiger partial charge is 0.140 e. The predicted molar refractivity (Wildman–Crippen MR) is 61.0 cm³/mol. The second-order valence-electron chi connectivity index (χ2n) is 4.56. The molecule has 1 aliphatic rings. The Morgan fingerprint density at radius 2 is 2.25 bits per heavy atom. The molecular formula is C12H19N3O. The highest BCUT2D eigenvalue weighted by Gasteiger charge is 2.19. The first kappa shape index (κ1) is 11.3. The van der Waals surface area contributed by atoms with Crippen molar-refractivity contribution in [2.24, 2.45) is 5.92 Å². The first-order valence-corrected chi connectivity index (χ1v) is 6.18. The van der Waals surface area contributed by atoms with Crippen LogP contribution in [0.5, 0.6) is 0 Å². The minimum atomic E-state index is 0.314. The van der Waals surface area contributed by atoms with E-state index >= 15 is 0 Å². The van der Waals surface area contributed by atoms with E-state index in [1.54, 1.807) is 4.68 Å². The van der Waals surface area contributed by atoms with Gasteiger partial charge >= 0.3 is 0 Å². The average Bonchev–Trinajstić information content (AvgIpc) is 2.88. The van der Waals surface area contributed by atoms with Gasteiger partial charge in [-0.2, -0.15) is 5.10 Å². The minimum absolute atomic E-state index is 0.314. The van der Waals surface area contributed by atoms with Crippen molar-refractivity contribution in [1.29, 1.82) is 0 Å². The summed E-state index contributed by atoms with van der Waals surface area (Å²) in [7, 11) is 0. The summed E-state index contributed by atoms with van der Waals surface area (Å²) in [5, 5.41) is 4.07. The molecule has 1 aromatic rings. The topological polar surface area (TPSA) is 47.8 Å². The first-order chi connectivity index (χ1) is 7.79. The summed E-state index contributed by atoms with van der Waals surface area (Å²) < 4.78 is 1.80. The van der Waals surface area contributed by atoms with Crippen LogP contribution in [-0.2, 0) is 17.8 Å². The quantitative estimate of drug-likeness (QED) is 0.764. The van der Waals surface area contributed by atoms with Gasteiger partial charge in [-0.3, -0.25) is 4.79 Å². The maximum absolute atomic E-state index is 11.9. The van der Waals surface area contributed by atoms with Gasteiger partial charge in [0, 0.05) is 13.0 Å². The highest BCUT2D eigenvalue weighted by atomic mass is 16.1. The van der Waals surface area contributed by atoms with Crippen LogP contribution in [0.4, 0.5) is 0 Å². The van der Waals surface area contributed by atoms with Crippen molar-refractivity contribution in [3.63, 3.8) is 0 Å². The van der Waals surface area contributed by atoms with Crippen molar-refractivity contribution >= 4 is 5.78 Å². The molecule has 0 N–H and O–H groups in total. The van der Waals surface area contributed by atoms with Gasteiger partial charge in [-0.05, 0) is 12.8 Å². The van der Waals surface area contributed by atoms with E-state index in [0.717, 1.165) is 18.8 Å². The predicted octanol–water partition coefficient (Wildman–Crippen LogP) is 1.99. The molecule has 0 spiro atoms. The monoisotopic (exact) mass is 221 g/mol. The molecular weight excluding hydrogens is 202 g/mol. The third kappa shape index (κ3) is 2.68. The van der Waals surface area contributed by atoms with Crippen LogP contribution in [0.2, 0.25) is 0 Å². The molecule has 1 aliphatic carbocycles. The molecule has 1 fully saturated rings. The SMILES string of the molecule is CCn1ncnc1CC(=O)CC1CCCC1. The molecule has 0 aromatic carbocycles. The number of carbonyl (C=O) groups excluding carboxylic acids is 1. The lowest BCUT2D eigenvalue weighted by atomic mass is 9.99. The zero-order valence-corrected chi connectivity index (χ0v) is 9.85. The van der Waals surface area contributed by atoms with Crippen LogP contribution in [-0.4, -0.2) is 20.5 Å². The second-order valence-corrected chi connectivity index (χ2v) is 4.56. The molecule has 1 aromatic heterocycles. The van der Waals surface area contributed by atoms with Crippen LogP contribution in [0, 0.1) is 5.92 Å². The molecule has 16 heavy (non-hydrogen) atoms. The number of hydrogen-bond donors (Lipinski definition) is 0. The Kier molecular flexibility index (Phi) is 3.70. The molecule has 4 nitrogen and oxygen atoms in total. The van der Waals surface area contributed by atoms with Crippen molar-refractivity contribution in [2.75, 3.05) is 0 Å². The summed E-state index contributed by atoms with van der Waals surface area (Å²) in [6.45, 7) is 2.80. The highest BCUT2D eigenvalue weighted by molar-refractivity contribution is 5.80. The number of nitrogens with zero attached hydrogens (tertiary/aromatic N) is 3. The maximum atomic E-state index is 11.9. The van der Waals surface area contributed by atoms with Crippen molar-refractivity contribution < 1.29 is 4.79 Å². The molecule has 0 aliphatic heterocycles. The van der Waals surface area contributed by atoms with Gasteiger partial charge in [0.05, 0.1) is 6.42 Å². The fraction of sp³-hybridized carbons (Fsp3) is 0.750. The lowest BCUT2D eigenvalue weighted by molar-refractivity contribution is -0.119. The summed E-state index contributed by atoms with van der Waals surface area (Å²) in [6, 6.07) is 0. The summed E-state index contributed by atoms with van der Waals surface area (Å²) >= 11 is 0. The number of carbonyl (C=O) groups is 1. The van der Waals surface area contributed by atoms with E-state index in [4.69, 9.17) is 0 Å². The molecule has 0 atom stereocenters. The largest absolute Gasteiger partial charge is 0.299 e. The number of Topliss-reactive ketones (excluding diaryl/α,β-unsaturated/α-hetero) is 1. The Morgan fingerprint density at radius 1 is 1.50 bits per heavy atom. The van der Waals surface area contributed by atoms with Gasteiger partial charge in [-0.25, -0.2) is 9.67 Å². The fourth-order valence-corrected chi connectivity index (χ4v) is 2.47. The van der Waals surface area contributed by atoms with Crippen molar-refractivity contribution in [1.82, 2.24) is 14.8 Å². The maximum Gasteiger partial charge on any atom is 0.140 e. The Labute approximate surface area is 96.1 Å². The van der Waals surface area contributed by atoms with Gasteiger partial charge in [-0.1, -0.05) is 25.7 Å². The van der Waals surface area contributed by atoms with Gasteiger partial charge in [0.2, 0.25) is 0 Å². The summed E-state index contributed by atoms with van der Waals surface area (Å²) in [5.74, 6) is 1.76. The van der Waals surface area contributed by atoms with Crippen LogP contribution >= 0.6 is 0 Å². The number of aryl methyl sites for hydroxylation is 1. The summed E-state index contributed by atoms with van der Waals surface area (Å²) in [6.07, 6.45) is 7.76. The third-order valence-electron chi connectivity index (χ3n) is 3.34. The molecule has 4 heteroatoms. The number of rotatable bonds is 5. The zero-order chi connectivity index (χ0) is 11.4. The Balaban J connectivity index is 1.86. The number of ketones is 1. The third-order valence-corrected chi connectivity index (χ3v) is 3.34. The van der Waals surface area contributed by atoms with Gasteiger partial charge in [-0.15, -0.1) is 0 Å². The van der Waals surface area contributed by atoms with Gasteiger partial charge in [0.15, 0.2) is 0 Å².